The molecular weight excluding hydrogens is 317 g/mol. The van der Waals surface area contributed by atoms with Gasteiger partial charge in [-0.3, -0.25) is 4.79 Å². The second-order valence-electron chi connectivity index (χ2n) is 6.09. The molecule has 7 heteroatoms. The summed E-state index contributed by atoms with van der Waals surface area (Å²) >= 11 is 0. The van der Waals surface area contributed by atoms with Crippen molar-refractivity contribution in [1.29, 1.82) is 0 Å². The predicted molar refractivity (Wildman–Crippen MR) is 83.8 cm³/mol. The van der Waals surface area contributed by atoms with Crippen molar-refractivity contribution in [3.8, 4) is 0 Å². The highest BCUT2D eigenvalue weighted by Crippen LogP contribution is 2.32. The summed E-state index contributed by atoms with van der Waals surface area (Å²) in [4.78, 5) is 23.4. The molecule has 1 fully saturated rings. The summed E-state index contributed by atoms with van der Waals surface area (Å²) in [6.45, 7) is 4.54. The molecule has 1 unspecified atom stereocenters. The predicted octanol–water partition coefficient (Wildman–Crippen LogP) is 2.71. The van der Waals surface area contributed by atoms with Gasteiger partial charge in [-0.25, -0.2) is 9.18 Å². The van der Waals surface area contributed by atoms with Crippen molar-refractivity contribution in [3.63, 3.8) is 0 Å². The van der Waals surface area contributed by atoms with Crippen LogP contribution in [0.4, 0.5) is 9.18 Å². The Morgan fingerprint density at radius 1 is 1.38 bits per heavy atom. The molecular formula is C17H22FNO5. The number of carbonyl (C=O) groups excluding carboxylic acids is 2. The fraction of sp³-hybridized carbons (Fsp3) is 0.529. The number of hydrogen-bond donors (Lipinski definition) is 1. The van der Waals surface area contributed by atoms with Gasteiger partial charge in [0.25, 0.3) is 0 Å². The monoisotopic (exact) mass is 339 g/mol. The van der Waals surface area contributed by atoms with Crippen molar-refractivity contribution in [2.24, 2.45) is 0 Å². The molecule has 0 radical (unpaired) electrons. The molecule has 1 aliphatic heterocycles. The molecule has 1 saturated heterocycles. The third kappa shape index (κ3) is 4.67. The molecule has 0 saturated carbocycles. The number of rotatable bonds is 4. The molecule has 1 aliphatic rings. The van der Waals surface area contributed by atoms with Crippen LogP contribution in [0, 0.1) is 0 Å². The molecule has 24 heavy (non-hydrogen) atoms. The Balaban J connectivity index is 2.02. The van der Waals surface area contributed by atoms with Gasteiger partial charge in [-0.15, -0.1) is 0 Å². The zero-order valence-electron chi connectivity index (χ0n) is 14.0. The van der Waals surface area contributed by atoms with E-state index in [0.717, 1.165) is 5.56 Å². The van der Waals surface area contributed by atoms with Gasteiger partial charge < -0.3 is 19.5 Å². The first-order chi connectivity index (χ1) is 11.3. The molecule has 1 N–H and O–H groups in total. The first-order valence-corrected chi connectivity index (χ1v) is 7.76. The first kappa shape index (κ1) is 18.2. The normalized spacial score (nSPS) is 29.6. The number of halogens is 1. The molecule has 2 rings (SSSR count). The molecule has 1 amide bonds. The standard InChI is InChI=1S/C17H22FNO5/c1-11-15(24-12(2)20)17(3,9-14(18)23-11)19-16(21)22-10-13-7-5-4-6-8-13/h4-8,11,14-15H,9-10H2,1-3H3,(H,19,21)/t11-,14?,15+,17-/m0/s1. The van der Waals surface area contributed by atoms with E-state index in [-0.39, 0.29) is 13.0 Å². The van der Waals surface area contributed by atoms with Crippen molar-refractivity contribution in [1.82, 2.24) is 5.32 Å². The molecule has 6 nitrogen and oxygen atoms in total. The molecule has 4 atom stereocenters. The molecule has 0 bridgehead atoms. The van der Waals surface area contributed by atoms with Crippen LogP contribution in [0.25, 0.3) is 0 Å². The van der Waals surface area contributed by atoms with Gasteiger partial charge in [0.15, 0.2) is 6.10 Å². The van der Waals surface area contributed by atoms with E-state index in [1.807, 2.05) is 30.3 Å². The lowest BCUT2D eigenvalue weighted by molar-refractivity contribution is -0.207. The maximum Gasteiger partial charge on any atom is 0.408 e. The summed E-state index contributed by atoms with van der Waals surface area (Å²) in [6.07, 6.45) is -3.93. The Hall–Kier alpha value is -2.15. The van der Waals surface area contributed by atoms with Crippen LogP contribution < -0.4 is 5.32 Å². The number of alkyl carbamates (subject to hydrolysis) is 1. The first-order valence-electron chi connectivity index (χ1n) is 7.76. The Labute approximate surface area is 140 Å². The molecule has 0 aliphatic carbocycles. The van der Waals surface area contributed by atoms with Crippen molar-refractivity contribution in [2.45, 2.75) is 57.9 Å². The van der Waals surface area contributed by atoms with Gasteiger partial charge in [0, 0.05) is 13.3 Å². The van der Waals surface area contributed by atoms with Gasteiger partial charge in [-0.1, -0.05) is 30.3 Å². The molecule has 1 aromatic rings. The largest absolute Gasteiger partial charge is 0.457 e. The molecule has 132 valence electrons. The summed E-state index contributed by atoms with van der Waals surface area (Å²) in [6, 6.07) is 9.18. The van der Waals surface area contributed by atoms with Crippen molar-refractivity contribution < 1.29 is 28.2 Å². The molecule has 0 spiro atoms. The number of carbonyl (C=O) groups is 2. The van der Waals surface area contributed by atoms with E-state index in [4.69, 9.17) is 14.2 Å². The average molecular weight is 339 g/mol. The van der Waals surface area contributed by atoms with E-state index < -0.39 is 36.2 Å². The molecule has 1 aromatic carbocycles. The second-order valence-corrected chi connectivity index (χ2v) is 6.09. The van der Waals surface area contributed by atoms with E-state index in [1.165, 1.54) is 6.92 Å². The fourth-order valence-electron chi connectivity index (χ4n) is 2.84. The Morgan fingerprint density at radius 2 is 2.04 bits per heavy atom. The lowest BCUT2D eigenvalue weighted by atomic mass is 9.85. The smallest absolute Gasteiger partial charge is 0.408 e. The summed E-state index contributed by atoms with van der Waals surface area (Å²) in [5, 5.41) is 2.62. The summed E-state index contributed by atoms with van der Waals surface area (Å²) in [5.74, 6) is -0.529. The van der Waals surface area contributed by atoms with Crippen molar-refractivity contribution in [3.05, 3.63) is 35.9 Å². The zero-order chi connectivity index (χ0) is 17.7. The highest BCUT2D eigenvalue weighted by Gasteiger charge is 2.49. The van der Waals surface area contributed by atoms with Gasteiger partial charge in [0.1, 0.15) is 6.61 Å². The third-order valence-corrected chi connectivity index (χ3v) is 3.89. The average Bonchev–Trinajstić information content (AvgIpc) is 2.49. The minimum Gasteiger partial charge on any atom is -0.457 e. The van der Waals surface area contributed by atoms with Crippen LogP contribution in [0.2, 0.25) is 0 Å². The highest BCUT2D eigenvalue weighted by molar-refractivity contribution is 5.69. The van der Waals surface area contributed by atoms with E-state index in [0.29, 0.717) is 0 Å². The van der Waals surface area contributed by atoms with Crippen LogP contribution in [0.3, 0.4) is 0 Å². The topological polar surface area (TPSA) is 73.9 Å². The van der Waals surface area contributed by atoms with Crippen LogP contribution in [0.1, 0.15) is 32.8 Å². The van der Waals surface area contributed by atoms with E-state index in [9.17, 15) is 14.0 Å². The quantitative estimate of drug-likeness (QED) is 0.854. The van der Waals surface area contributed by atoms with Gasteiger partial charge in [0.05, 0.1) is 11.6 Å². The number of amides is 1. The molecule has 1 heterocycles. The zero-order valence-corrected chi connectivity index (χ0v) is 14.0. The summed E-state index contributed by atoms with van der Waals surface area (Å²) < 4.78 is 29.3. The number of ether oxygens (including phenoxy) is 3. The second kappa shape index (κ2) is 7.61. The van der Waals surface area contributed by atoms with Gasteiger partial charge in [0.2, 0.25) is 6.36 Å². The van der Waals surface area contributed by atoms with Gasteiger partial charge >= 0.3 is 12.1 Å². The minimum absolute atomic E-state index is 0.0894. The van der Waals surface area contributed by atoms with Crippen LogP contribution in [0.15, 0.2) is 30.3 Å². The number of nitrogens with one attached hydrogen (secondary N) is 1. The van der Waals surface area contributed by atoms with Crippen LogP contribution in [-0.4, -0.2) is 36.2 Å². The highest BCUT2D eigenvalue weighted by atomic mass is 19.1. The number of benzene rings is 1. The van der Waals surface area contributed by atoms with Gasteiger partial charge in [-0.2, -0.15) is 0 Å². The van der Waals surface area contributed by atoms with Crippen LogP contribution in [-0.2, 0) is 25.6 Å². The van der Waals surface area contributed by atoms with E-state index >= 15 is 0 Å². The van der Waals surface area contributed by atoms with E-state index in [2.05, 4.69) is 5.32 Å². The summed E-state index contributed by atoms with van der Waals surface area (Å²) in [7, 11) is 0. The lowest BCUT2D eigenvalue weighted by Crippen LogP contribution is -2.64. The van der Waals surface area contributed by atoms with Gasteiger partial charge in [-0.05, 0) is 19.4 Å². The number of alkyl halides is 1. The maximum absolute atomic E-state index is 13.8. The Kier molecular flexibility index (Phi) is 5.77. The van der Waals surface area contributed by atoms with E-state index in [1.54, 1.807) is 13.8 Å². The Bertz CT molecular complexity index is 582. The maximum atomic E-state index is 13.8. The molecule has 0 aromatic heterocycles. The van der Waals surface area contributed by atoms with Crippen molar-refractivity contribution >= 4 is 12.1 Å². The van der Waals surface area contributed by atoms with Crippen LogP contribution in [0.5, 0.6) is 0 Å². The SMILES string of the molecule is CC(=O)O[C@@H]1[C@H](C)OC(F)C[C@]1(C)NC(=O)OCc1ccccc1. The third-order valence-electron chi connectivity index (χ3n) is 3.89. The van der Waals surface area contributed by atoms with Crippen molar-refractivity contribution in [2.75, 3.05) is 0 Å². The van der Waals surface area contributed by atoms with Crippen LogP contribution >= 0.6 is 0 Å². The fourth-order valence-corrected chi connectivity index (χ4v) is 2.84. The Morgan fingerprint density at radius 3 is 2.67 bits per heavy atom. The lowest BCUT2D eigenvalue weighted by Gasteiger charge is -2.44. The minimum atomic E-state index is -1.56. The number of esters is 1. The summed E-state index contributed by atoms with van der Waals surface area (Å²) in [5.41, 5.74) is -0.297. The number of hydrogen-bond acceptors (Lipinski definition) is 5.